The molecule has 24 heavy (non-hydrogen) atoms. The average Bonchev–Trinajstić information content (AvgIpc) is 2.90. The number of anilines is 1. The zero-order chi connectivity index (χ0) is 17.7. The number of rotatable bonds is 9. The molecule has 0 radical (unpaired) electrons. The van der Waals surface area contributed by atoms with Crippen LogP contribution < -0.4 is 16.2 Å². The summed E-state index contributed by atoms with van der Waals surface area (Å²) in [7, 11) is -3.93. The quantitative estimate of drug-likeness (QED) is 0.476. The summed E-state index contributed by atoms with van der Waals surface area (Å²) in [5, 5.41) is 9.31. The Bertz CT molecular complexity index is 790. The summed E-state index contributed by atoms with van der Waals surface area (Å²) < 4.78 is 23.1. The normalized spacial score (nSPS) is 15.5. The van der Waals surface area contributed by atoms with Crippen molar-refractivity contribution in [3.63, 3.8) is 0 Å². The van der Waals surface area contributed by atoms with E-state index in [1.807, 2.05) is 0 Å². The summed E-state index contributed by atoms with van der Waals surface area (Å²) in [6.07, 6.45) is 0.450. The van der Waals surface area contributed by atoms with Crippen molar-refractivity contribution in [3.05, 3.63) is 16.7 Å². The van der Waals surface area contributed by atoms with Crippen LogP contribution >= 0.6 is 7.60 Å². The number of aromatic amines is 1. The zero-order valence-corrected chi connectivity index (χ0v) is 13.9. The molecule has 0 spiro atoms. The fourth-order valence-corrected chi connectivity index (χ4v) is 3.17. The highest BCUT2D eigenvalue weighted by atomic mass is 31.2. The van der Waals surface area contributed by atoms with Gasteiger partial charge in [0.1, 0.15) is 14.3 Å². The molecular weight excluding hydrogens is 341 g/mol. The molecule has 2 heterocycles. The third-order valence-corrected chi connectivity index (χ3v) is 4.65. The molecule has 2 atom stereocenters. The maximum Gasteiger partial charge on any atom is 0.280 e. The van der Waals surface area contributed by atoms with E-state index < -0.39 is 19.3 Å². The molecule has 2 aromatic rings. The van der Waals surface area contributed by atoms with Gasteiger partial charge in [-0.05, 0) is 13.3 Å². The minimum Gasteiger partial charge on any atom is -0.778 e. The van der Waals surface area contributed by atoms with Gasteiger partial charge in [0.15, 0.2) is 11.2 Å². The lowest BCUT2D eigenvalue weighted by atomic mass is 10.3. The molecule has 0 saturated heterocycles. The van der Waals surface area contributed by atoms with Crippen molar-refractivity contribution in [1.29, 1.82) is 0 Å². The van der Waals surface area contributed by atoms with Crippen molar-refractivity contribution in [2.45, 2.75) is 26.2 Å². The molecule has 2 aromatic heterocycles. The van der Waals surface area contributed by atoms with Crippen LogP contribution in [-0.2, 0) is 20.6 Å². The molecule has 0 aliphatic rings. The first-order valence-corrected chi connectivity index (χ1v) is 8.96. The largest absolute Gasteiger partial charge is 0.778 e. The number of hydrogen-bond donors (Lipinski definition) is 3. The highest BCUT2D eigenvalue weighted by Crippen LogP contribution is 2.37. The second-order valence-corrected chi connectivity index (χ2v) is 6.91. The van der Waals surface area contributed by atoms with E-state index in [-0.39, 0.29) is 49.6 Å². The monoisotopic (exact) mass is 360 g/mol. The van der Waals surface area contributed by atoms with Crippen LogP contribution in [0, 0.1) is 0 Å². The Morgan fingerprint density at radius 1 is 1.58 bits per heavy atom. The fraction of sp³-hybridized carbons (Fsp3) is 0.583. The van der Waals surface area contributed by atoms with Gasteiger partial charge in [-0.2, -0.15) is 4.98 Å². The zero-order valence-electron chi connectivity index (χ0n) is 13.0. The third kappa shape index (κ3) is 4.62. The number of fused-ring (bicyclic) bond motifs is 1. The fourth-order valence-electron chi connectivity index (χ4n) is 2.04. The molecule has 0 aliphatic carbocycles. The predicted molar refractivity (Wildman–Crippen MR) is 83.2 cm³/mol. The highest BCUT2D eigenvalue weighted by molar-refractivity contribution is 7.51. The number of imidazole rings is 1. The Hall–Kier alpha value is -1.78. The second kappa shape index (κ2) is 7.86. The summed E-state index contributed by atoms with van der Waals surface area (Å²) in [5.41, 5.74) is 5.36. The SMILES string of the molecule is CCOP(=O)([O-])CCC(CO)OCn1cnc2c(=O)[nH]c(N)nc21. The van der Waals surface area contributed by atoms with Crippen LogP contribution in [0.3, 0.4) is 0 Å². The van der Waals surface area contributed by atoms with E-state index in [1.165, 1.54) is 10.9 Å². The van der Waals surface area contributed by atoms with E-state index in [1.54, 1.807) is 6.92 Å². The number of nitrogens with zero attached hydrogens (tertiary/aromatic N) is 3. The number of aliphatic hydroxyl groups excluding tert-OH is 1. The van der Waals surface area contributed by atoms with Gasteiger partial charge >= 0.3 is 0 Å². The van der Waals surface area contributed by atoms with E-state index in [2.05, 4.69) is 19.5 Å². The van der Waals surface area contributed by atoms with Crippen molar-refractivity contribution in [3.8, 4) is 0 Å². The molecular formula is C12H19N5O6P-. The lowest BCUT2D eigenvalue weighted by molar-refractivity contribution is -0.198. The van der Waals surface area contributed by atoms with E-state index >= 15 is 0 Å². The summed E-state index contributed by atoms with van der Waals surface area (Å²) >= 11 is 0. The van der Waals surface area contributed by atoms with Gasteiger partial charge in [-0.1, -0.05) is 0 Å². The van der Waals surface area contributed by atoms with Crippen LogP contribution in [0.5, 0.6) is 0 Å². The molecule has 0 amide bonds. The van der Waals surface area contributed by atoms with Gasteiger partial charge in [0.25, 0.3) is 5.56 Å². The van der Waals surface area contributed by atoms with E-state index in [0.29, 0.717) is 0 Å². The molecule has 0 bridgehead atoms. The number of aliphatic hydroxyl groups is 1. The Balaban J connectivity index is 2.01. The topological polar surface area (TPSA) is 168 Å². The molecule has 4 N–H and O–H groups in total. The van der Waals surface area contributed by atoms with Gasteiger partial charge in [-0.15, -0.1) is 0 Å². The van der Waals surface area contributed by atoms with E-state index in [9.17, 15) is 19.4 Å². The van der Waals surface area contributed by atoms with Crippen LogP contribution in [0.15, 0.2) is 11.1 Å². The molecule has 11 nitrogen and oxygen atoms in total. The predicted octanol–water partition coefficient (Wildman–Crippen LogP) is -0.983. The van der Waals surface area contributed by atoms with Gasteiger partial charge in [0.2, 0.25) is 5.95 Å². The maximum absolute atomic E-state index is 11.7. The molecule has 2 rings (SSSR count). The number of ether oxygens (including phenoxy) is 1. The Kier molecular flexibility index (Phi) is 6.08. The number of nitrogen functional groups attached to an aromatic ring is 1. The van der Waals surface area contributed by atoms with Crippen LogP contribution in [0.1, 0.15) is 13.3 Å². The third-order valence-electron chi connectivity index (χ3n) is 3.20. The Morgan fingerprint density at radius 2 is 2.33 bits per heavy atom. The molecule has 0 aromatic carbocycles. The summed E-state index contributed by atoms with van der Waals surface area (Å²) in [6.45, 7) is 1.20. The molecule has 0 aliphatic heterocycles. The van der Waals surface area contributed by atoms with Crippen LogP contribution in [-0.4, -0.2) is 50.1 Å². The first-order valence-electron chi connectivity index (χ1n) is 7.24. The van der Waals surface area contributed by atoms with Crippen molar-refractivity contribution in [2.24, 2.45) is 0 Å². The van der Waals surface area contributed by atoms with Crippen LogP contribution in [0.25, 0.3) is 11.2 Å². The summed E-state index contributed by atoms with van der Waals surface area (Å²) in [5.74, 6) is -0.0584. The number of nitrogens with two attached hydrogens (primary N) is 1. The first kappa shape index (κ1) is 18.6. The van der Waals surface area contributed by atoms with Crippen LogP contribution in [0.4, 0.5) is 5.95 Å². The summed E-state index contributed by atoms with van der Waals surface area (Å²) in [4.78, 5) is 33.4. The Morgan fingerprint density at radius 3 is 3.00 bits per heavy atom. The molecule has 12 heteroatoms. The molecule has 2 unspecified atom stereocenters. The standard InChI is InChI=1S/C12H20N5O6P/c1-2-23-24(20,21)4-3-8(5-18)22-7-17-6-14-9-10(17)15-12(13)16-11(9)19/h6,8,18H,2-5,7H2,1H3,(H,20,21)(H3,13,15,16,19)/p-1. The first-order chi connectivity index (χ1) is 11.4. The van der Waals surface area contributed by atoms with E-state index in [4.69, 9.17) is 10.5 Å². The Labute approximate surface area is 137 Å². The van der Waals surface area contributed by atoms with E-state index in [0.717, 1.165) is 0 Å². The minimum absolute atomic E-state index is 0.0584. The summed E-state index contributed by atoms with van der Waals surface area (Å²) in [6, 6.07) is 0. The maximum atomic E-state index is 11.7. The lowest BCUT2D eigenvalue weighted by Crippen LogP contribution is -2.23. The van der Waals surface area contributed by atoms with Crippen LogP contribution in [0.2, 0.25) is 0 Å². The van der Waals surface area contributed by atoms with Crippen molar-refractivity contribution in [1.82, 2.24) is 19.5 Å². The van der Waals surface area contributed by atoms with Gasteiger partial charge in [0, 0.05) is 6.16 Å². The van der Waals surface area contributed by atoms with Gasteiger partial charge in [-0.3, -0.25) is 14.3 Å². The number of nitrogens with one attached hydrogen (secondary N) is 1. The number of hydrogen-bond acceptors (Lipinski definition) is 9. The number of aromatic nitrogens is 4. The van der Waals surface area contributed by atoms with Crippen molar-refractivity contribution in [2.75, 3.05) is 25.1 Å². The number of H-pyrrole nitrogens is 1. The van der Waals surface area contributed by atoms with Crippen molar-refractivity contribution >= 4 is 24.7 Å². The average molecular weight is 360 g/mol. The van der Waals surface area contributed by atoms with Gasteiger partial charge < -0.3 is 29.6 Å². The lowest BCUT2D eigenvalue weighted by Gasteiger charge is -2.24. The highest BCUT2D eigenvalue weighted by Gasteiger charge is 2.15. The molecule has 0 fully saturated rings. The van der Waals surface area contributed by atoms with Gasteiger partial charge in [-0.25, -0.2) is 4.98 Å². The molecule has 0 saturated carbocycles. The second-order valence-electron chi connectivity index (χ2n) is 4.98. The van der Waals surface area contributed by atoms with Crippen molar-refractivity contribution < 1.29 is 23.8 Å². The van der Waals surface area contributed by atoms with Gasteiger partial charge in [0.05, 0.1) is 25.6 Å². The minimum atomic E-state index is -3.93. The molecule has 134 valence electrons. The smallest absolute Gasteiger partial charge is 0.280 e.